The molecule has 0 spiro atoms. The van der Waals surface area contributed by atoms with Gasteiger partial charge in [-0.15, -0.1) is 0 Å². The van der Waals surface area contributed by atoms with Crippen LogP contribution in [0.25, 0.3) is 33.3 Å². The third kappa shape index (κ3) is 6.65. The molecule has 0 atom stereocenters. The second kappa shape index (κ2) is 13.1. The first-order valence-electron chi connectivity index (χ1n) is 13.8. The minimum atomic E-state index is -2.62. The maximum absolute atomic E-state index is 15.4. The molecule has 1 aliphatic heterocycles. The molecule has 1 saturated heterocycles. The van der Waals surface area contributed by atoms with Crippen molar-refractivity contribution in [3.8, 4) is 22.3 Å². The van der Waals surface area contributed by atoms with Gasteiger partial charge in [-0.3, -0.25) is 4.90 Å². The van der Waals surface area contributed by atoms with Crippen LogP contribution < -0.4 is 10.9 Å². The van der Waals surface area contributed by atoms with Gasteiger partial charge in [-0.05, 0) is 56.5 Å². The molecule has 13 heteroatoms. The Bertz CT molecular complexity index is 1640. The Hall–Kier alpha value is -2.97. The molecule has 2 aromatic heterocycles. The standard InChI is InChI=1S/C29H31BrF2N6.H3NO2S/c1-36-10-12-37(13-11-36)20-4-6-21(7-5-20)38-16-24(27-28(33)34-17-35-29(27)38)18-2-8-22(25(31)14-18)23-9-3-19(30)15-26(23)32;1-4(2)3/h2-3,8-9,14-17,20-21H,4-7,10-13H2,1H3,(H2,33,34,35);4H,(H2,1,2,3). The van der Waals surface area contributed by atoms with E-state index in [2.05, 4.69) is 52.5 Å². The lowest BCUT2D eigenvalue weighted by Crippen LogP contribution is -2.49. The maximum Gasteiger partial charge on any atom is 0.198 e. The first kappa shape index (κ1) is 30.5. The summed E-state index contributed by atoms with van der Waals surface area (Å²) in [7, 11) is -0.431. The fourth-order valence-electron chi connectivity index (χ4n) is 6.10. The molecule has 4 N–H and O–H groups in total. The van der Waals surface area contributed by atoms with Gasteiger partial charge in [0.15, 0.2) is 10.9 Å². The van der Waals surface area contributed by atoms with Crippen LogP contribution >= 0.6 is 15.9 Å². The average molecular weight is 663 g/mol. The third-order valence-corrected chi connectivity index (χ3v) is 8.75. The van der Waals surface area contributed by atoms with Gasteiger partial charge in [0.2, 0.25) is 0 Å². The summed E-state index contributed by atoms with van der Waals surface area (Å²) < 4.78 is 50.3. The minimum Gasteiger partial charge on any atom is -0.383 e. The minimum absolute atomic E-state index is 0.217. The van der Waals surface area contributed by atoms with Crippen LogP contribution in [0, 0.1) is 11.6 Å². The second-order valence-corrected chi connectivity index (χ2v) is 12.3. The van der Waals surface area contributed by atoms with Crippen molar-refractivity contribution in [1.29, 1.82) is 0 Å². The summed E-state index contributed by atoms with van der Waals surface area (Å²) in [5.41, 5.74) is 9.01. The van der Waals surface area contributed by atoms with Crippen molar-refractivity contribution >= 4 is 43.7 Å². The molecule has 1 saturated carbocycles. The highest BCUT2D eigenvalue weighted by Gasteiger charge is 2.30. The van der Waals surface area contributed by atoms with E-state index in [0.29, 0.717) is 27.9 Å². The van der Waals surface area contributed by atoms with Crippen LogP contribution in [0.15, 0.2) is 53.4 Å². The molecule has 224 valence electrons. The van der Waals surface area contributed by atoms with Crippen molar-refractivity contribution in [3.05, 3.63) is 65.0 Å². The van der Waals surface area contributed by atoms with E-state index < -0.39 is 22.5 Å². The first-order valence-corrected chi connectivity index (χ1v) is 15.8. The molecule has 0 radical (unpaired) electrons. The number of likely N-dealkylation sites (N-methyl/N-ethyl adjacent to an activating group) is 1. The van der Waals surface area contributed by atoms with Crippen molar-refractivity contribution in [2.75, 3.05) is 39.0 Å². The molecule has 1 aliphatic carbocycles. The van der Waals surface area contributed by atoms with Gasteiger partial charge in [0.25, 0.3) is 0 Å². The quantitative estimate of drug-likeness (QED) is 0.273. The van der Waals surface area contributed by atoms with E-state index in [0.717, 1.165) is 68.5 Å². The monoisotopic (exact) mass is 661 g/mol. The largest absolute Gasteiger partial charge is 0.383 e. The molecular weight excluding hydrogens is 628 g/mol. The summed E-state index contributed by atoms with van der Waals surface area (Å²) in [5.74, 6) is -0.599. The normalized spacial score (nSPS) is 20.0. The Kier molecular flexibility index (Phi) is 9.53. The Morgan fingerprint density at radius 3 is 2.10 bits per heavy atom. The predicted molar refractivity (Wildman–Crippen MR) is 165 cm³/mol. The Morgan fingerprint density at radius 1 is 0.881 bits per heavy atom. The maximum atomic E-state index is 15.4. The van der Waals surface area contributed by atoms with E-state index in [-0.39, 0.29) is 11.1 Å². The van der Waals surface area contributed by atoms with Crippen molar-refractivity contribution in [2.45, 2.75) is 37.8 Å². The Balaban J connectivity index is 0.000000830. The summed E-state index contributed by atoms with van der Waals surface area (Å²) in [4.78, 5) is 13.9. The Morgan fingerprint density at radius 2 is 1.48 bits per heavy atom. The van der Waals surface area contributed by atoms with Crippen LogP contribution in [0.2, 0.25) is 0 Å². The van der Waals surface area contributed by atoms with Gasteiger partial charge < -0.3 is 15.2 Å². The van der Waals surface area contributed by atoms with Crippen LogP contribution in [0.1, 0.15) is 31.7 Å². The zero-order chi connectivity index (χ0) is 30.0. The van der Waals surface area contributed by atoms with E-state index in [1.807, 2.05) is 12.3 Å². The Labute approximate surface area is 253 Å². The van der Waals surface area contributed by atoms with E-state index in [1.165, 1.54) is 18.5 Å². The number of hydrogen-bond acceptors (Lipinski definition) is 7. The van der Waals surface area contributed by atoms with Gasteiger partial charge in [-0.25, -0.2) is 32.3 Å². The molecule has 3 heterocycles. The van der Waals surface area contributed by atoms with Gasteiger partial charge in [-0.2, -0.15) is 0 Å². The fourth-order valence-corrected chi connectivity index (χ4v) is 6.44. The molecule has 2 fully saturated rings. The average Bonchev–Trinajstić information content (AvgIpc) is 3.35. The summed E-state index contributed by atoms with van der Waals surface area (Å²) in [5, 5.41) is 4.80. The molecule has 42 heavy (non-hydrogen) atoms. The molecule has 0 amide bonds. The van der Waals surface area contributed by atoms with E-state index >= 15 is 4.39 Å². The number of aromatic nitrogens is 3. The first-order chi connectivity index (χ1) is 20.1. The lowest BCUT2D eigenvalue weighted by molar-refractivity contribution is 0.0828. The molecule has 9 nitrogen and oxygen atoms in total. The lowest BCUT2D eigenvalue weighted by Gasteiger charge is -2.41. The van der Waals surface area contributed by atoms with Gasteiger partial charge >= 0.3 is 0 Å². The number of benzene rings is 2. The van der Waals surface area contributed by atoms with Crippen LogP contribution in [0.4, 0.5) is 14.6 Å². The summed E-state index contributed by atoms with van der Waals surface area (Å²) in [6.07, 6.45) is 7.94. The summed E-state index contributed by atoms with van der Waals surface area (Å²) in [6.45, 7) is 4.53. The molecule has 0 bridgehead atoms. The number of anilines is 1. The topological polar surface area (TPSA) is 123 Å². The number of rotatable bonds is 4. The summed E-state index contributed by atoms with van der Waals surface area (Å²) in [6, 6.07) is 10.4. The molecule has 2 aliphatic rings. The van der Waals surface area contributed by atoms with Crippen LogP contribution in [-0.2, 0) is 10.9 Å². The highest BCUT2D eigenvalue weighted by molar-refractivity contribution is 9.10. The predicted octanol–water partition coefficient (Wildman–Crippen LogP) is 4.59. The van der Waals surface area contributed by atoms with Crippen LogP contribution in [-0.4, -0.2) is 72.0 Å². The molecule has 6 rings (SSSR count). The van der Waals surface area contributed by atoms with Crippen LogP contribution in [0.5, 0.6) is 0 Å². The third-order valence-electron chi connectivity index (χ3n) is 8.25. The second-order valence-electron chi connectivity index (χ2n) is 10.8. The number of hydrogen-bond donors (Lipinski definition) is 3. The summed E-state index contributed by atoms with van der Waals surface area (Å²) >= 11 is 3.26. The van der Waals surface area contributed by atoms with Crippen LogP contribution in [0.3, 0.4) is 0 Å². The number of piperazine rings is 1. The number of halogens is 3. The van der Waals surface area contributed by atoms with Gasteiger partial charge in [0, 0.05) is 65.6 Å². The van der Waals surface area contributed by atoms with Gasteiger partial charge in [0.1, 0.15) is 29.4 Å². The van der Waals surface area contributed by atoms with Gasteiger partial charge in [0.05, 0.1) is 5.39 Å². The van der Waals surface area contributed by atoms with Gasteiger partial charge in [-0.1, -0.05) is 34.1 Å². The fraction of sp³-hybridized carbons (Fsp3) is 0.379. The zero-order valence-corrected chi connectivity index (χ0v) is 25.7. The molecule has 4 aromatic rings. The SMILES string of the molecule is CN1CCN(C2CCC(n3cc(-c4ccc(-c5ccc(Br)cc5F)c(F)c4)c4c(N)ncnc43)CC2)CC1.N[SH](=O)=O. The number of nitrogens with two attached hydrogens (primary N) is 2. The number of nitrogen functional groups attached to an aromatic ring is 1. The lowest BCUT2D eigenvalue weighted by atomic mass is 9.89. The smallest absolute Gasteiger partial charge is 0.198 e. The van der Waals surface area contributed by atoms with E-state index in [9.17, 15) is 4.39 Å². The molecule has 2 aromatic carbocycles. The van der Waals surface area contributed by atoms with Crippen molar-refractivity contribution in [3.63, 3.8) is 0 Å². The molecular formula is C29H34BrF2N7O2S. The number of thiol groups is 1. The molecule has 0 unspecified atom stereocenters. The number of nitrogens with zero attached hydrogens (tertiary/aromatic N) is 5. The highest BCUT2D eigenvalue weighted by Crippen LogP contribution is 2.40. The van der Waals surface area contributed by atoms with Crippen molar-refractivity contribution < 1.29 is 17.2 Å². The van der Waals surface area contributed by atoms with E-state index in [4.69, 9.17) is 14.2 Å². The van der Waals surface area contributed by atoms with Crippen molar-refractivity contribution in [2.24, 2.45) is 5.14 Å². The van der Waals surface area contributed by atoms with Crippen molar-refractivity contribution in [1.82, 2.24) is 24.3 Å². The zero-order valence-electron chi connectivity index (χ0n) is 23.2. The van der Waals surface area contributed by atoms with E-state index in [1.54, 1.807) is 18.2 Å². The highest BCUT2D eigenvalue weighted by atomic mass is 79.9. The number of fused-ring (bicyclic) bond motifs is 1.